The molecule has 0 atom stereocenters. The molecule has 0 amide bonds. The minimum atomic E-state index is 0.520. The third-order valence-electron chi connectivity index (χ3n) is 3.41. The van der Waals surface area contributed by atoms with Gasteiger partial charge in [-0.1, -0.05) is 11.6 Å². The summed E-state index contributed by atoms with van der Waals surface area (Å²) in [5.74, 6) is 1.44. The Morgan fingerprint density at radius 2 is 2.14 bits per heavy atom. The molecule has 0 aliphatic rings. The molecule has 0 radical (unpaired) electrons. The summed E-state index contributed by atoms with van der Waals surface area (Å²) >= 11 is 11.9. The molecular formula is C15H14Cl2N4. The number of hydrogen-bond acceptors (Lipinski definition) is 3. The summed E-state index contributed by atoms with van der Waals surface area (Å²) in [4.78, 5) is 13.2. The Bertz CT molecular complexity index is 782. The van der Waals surface area contributed by atoms with Crippen LogP contribution in [0.15, 0.2) is 30.7 Å². The first kappa shape index (κ1) is 14.3. The van der Waals surface area contributed by atoms with Crippen molar-refractivity contribution in [1.29, 1.82) is 0 Å². The Morgan fingerprint density at radius 1 is 1.29 bits per heavy atom. The normalized spacial score (nSPS) is 11.2. The second-order valence-corrected chi connectivity index (χ2v) is 5.67. The lowest BCUT2D eigenvalue weighted by Gasteiger charge is -2.10. The quantitative estimate of drug-likeness (QED) is 0.689. The lowest BCUT2D eigenvalue weighted by molar-refractivity contribution is 0.743. The van der Waals surface area contributed by atoms with Crippen LogP contribution in [-0.2, 0) is 13.0 Å². The maximum Gasteiger partial charge on any atom is 0.160 e. The van der Waals surface area contributed by atoms with Crippen LogP contribution in [0.3, 0.4) is 0 Å². The summed E-state index contributed by atoms with van der Waals surface area (Å²) in [5.41, 5.74) is 3.96. The lowest BCUT2D eigenvalue weighted by Crippen LogP contribution is -2.08. The standard InChI is InChI=1S/C15H14Cl2N4/c1-10-7-18-5-3-11(10)9-21-14(2-4-16)20-13-6-12(17)8-19-15(13)21/h3,5-8H,2,4,9H2,1H3. The zero-order valence-corrected chi connectivity index (χ0v) is 13.1. The van der Waals surface area contributed by atoms with Gasteiger partial charge in [0.15, 0.2) is 5.65 Å². The van der Waals surface area contributed by atoms with Gasteiger partial charge in [0, 0.05) is 30.9 Å². The van der Waals surface area contributed by atoms with Crippen molar-refractivity contribution in [2.45, 2.75) is 19.9 Å². The Balaban J connectivity index is 2.11. The van der Waals surface area contributed by atoms with E-state index in [0.717, 1.165) is 22.6 Å². The predicted octanol–water partition coefficient (Wildman–Crippen LogP) is 3.62. The number of aromatic nitrogens is 4. The van der Waals surface area contributed by atoms with Crippen molar-refractivity contribution in [1.82, 2.24) is 19.5 Å². The summed E-state index contributed by atoms with van der Waals surface area (Å²) in [7, 11) is 0. The molecule has 3 aromatic heterocycles. The van der Waals surface area contributed by atoms with Gasteiger partial charge in [0.25, 0.3) is 0 Å². The SMILES string of the molecule is Cc1cnccc1Cn1c(CCCl)nc2cc(Cl)cnc21. The average molecular weight is 321 g/mol. The van der Waals surface area contributed by atoms with Crippen LogP contribution >= 0.6 is 23.2 Å². The topological polar surface area (TPSA) is 43.6 Å². The van der Waals surface area contributed by atoms with Crippen molar-refractivity contribution in [2.75, 3.05) is 5.88 Å². The fourth-order valence-electron chi connectivity index (χ4n) is 2.32. The molecule has 3 heterocycles. The van der Waals surface area contributed by atoms with Crippen LogP contribution in [0.1, 0.15) is 17.0 Å². The number of hydrogen-bond donors (Lipinski definition) is 0. The number of nitrogens with zero attached hydrogens (tertiary/aromatic N) is 4. The zero-order chi connectivity index (χ0) is 14.8. The molecule has 0 aromatic carbocycles. The molecule has 3 aromatic rings. The van der Waals surface area contributed by atoms with Crippen LogP contribution in [0, 0.1) is 6.92 Å². The molecule has 0 aliphatic heterocycles. The summed E-state index contributed by atoms with van der Waals surface area (Å²) in [6.45, 7) is 2.75. The van der Waals surface area contributed by atoms with Gasteiger partial charge in [-0.15, -0.1) is 11.6 Å². The van der Waals surface area contributed by atoms with Crippen molar-refractivity contribution >= 4 is 34.4 Å². The number of imidazole rings is 1. The van der Waals surface area contributed by atoms with Gasteiger partial charge in [-0.25, -0.2) is 9.97 Å². The molecule has 0 fully saturated rings. The molecule has 0 saturated carbocycles. The summed E-state index contributed by atoms with van der Waals surface area (Å²) in [5, 5.41) is 0.588. The molecule has 4 nitrogen and oxygen atoms in total. The number of alkyl halides is 1. The number of pyridine rings is 2. The van der Waals surface area contributed by atoms with Gasteiger partial charge < -0.3 is 4.57 Å². The molecule has 21 heavy (non-hydrogen) atoms. The van der Waals surface area contributed by atoms with Crippen molar-refractivity contribution in [3.63, 3.8) is 0 Å². The summed E-state index contributed by atoms with van der Waals surface area (Å²) in [6, 6.07) is 3.85. The lowest BCUT2D eigenvalue weighted by atomic mass is 10.1. The predicted molar refractivity (Wildman–Crippen MR) is 85.0 cm³/mol. The van der Waals surface area contributed by atoms with E-state index >= 15 is 0 Å². The second-order valence-electron chi connectivity index (χ2n) is 4.85. The molecule has 3 rings (SSSR count). The largest absolute Gasteiger partial charge is 0.308 e. The molecule has 0 saturated heterocycles. The van der Waals surface area contributed by atoms with Crippen molar-refractivity contribution in [3.8, 4) is 0 Å². The number of rotatable bonds is 4. The molecule has 6 heteroatoms. The molecular weight excluding hydrogens is 307 g/mol. The van der Waals surface area contributed by atoms with E-state index in [2.05, 4.69) is 19.5 Å². The van der Waals surface area contributed by atoms with E-state index < -0.39 is 0 Å². The minimum absolute atomic E-state index is 0.520. The number of aryl methyl sites for hydroxylation is 2. The number of halogens is 2. The third-order valence-corrected chi connectivity index (χ3v) is 3.81. The van der Waals surface area contributed by atoms with E-state index in [1.165, 1.54) is 5.56 Å². The highest BCUT2D eigenvalue weighted by molar-refractivity contribution is 6.31. The average Bonchev–Trinajstić information content (AvgIpc) is 2.79. The highest BCUT2D eigenvalue weighted by Gasteiger charge is 2.13. The van der Waals surface area contributed by atoms with Gasteiger partial charge in [-0.3, -0.25) is 4.98 Å². The first-order valence-corrected chi connectivity index (χ1v) is 7.56. The van der Waals surface area contributed by atoms with Gasteiger partial charge in [-0.2, -0.15) is 0 Å². The van der Waals surface area contributed by atoms with Crippen LogP contribution in [-0.4, -0.2) is 25.4 Å². The Morgan fingerprint density at radius 3 is 2.90 bits per heavy atom. The van der Waals surface area contributed by atoms with Crippen LogP contribution in [0.25, 0.3) is 11.2 Å². The van der Waals surface area contributed by atoms with E-state index in [4.69, 9.17) is 23.2 Å². The first-order chi connectivity index (χ1) is 10.2. The van der Waals surface area contributed by atoms with Crippen molar-refractivity contribution in [2.24, 2.45) is 0 Å². The van der Waals surface area contributed by atoms with Gasteiger partial charge in [0.05, 0.1) is 11.6 Å². The number of fused-ring (bicyclic) bond motifs is 1. The fraction of sp³-hybridized carbons (Fsp3) is 0.267. The van der Waals surface area contributed by atoms with Crippen LogP contribution in [0.5, 0.6) is 0 Å². The Hall–Kier alpha value is -1.65. The minimum Gasteiger partial charge on any atom is -0.308 e. The van der Waals surface area contributed by atoms with Gasteiger partial charge in [0.2, 0.25) is 0 Å². The van der Waals surface area contributed by atoms with Gasteiger partial charge >= 0.3 is 0 Å². The van der Waals surface area contributed by atoms with Crippen molar-refractivity contribution in [3.05, 3.63) is 52.7 Å². The molecule has 0 N–H and O–H groups in total. The molecule has 0 aliphatic carbocycles. The highest BCUT2D eigenvalue weighted by Crippen LogP contribution is 2.20. The van der Waals surface area contributed by atoms with Crippen molar-refractivity contribution < 1.29 is 0 Å². The van der Waals surface area contributed by atoms with Crippen LogP contribution in [0.4, 0.5) is 0 Å². The summed E-state index contributed by atoms with van der Waals surface area (Å²) < 4.78 is 2.09. The third kappa shape index (κ3) is 2.87. The van der Waals surface area contributed by atoms with E-state index in [0.29, 0.717) is 23.9 Å². The molecule has 0 bridgehead atoms. The van der Waals surface area contributed by atoms with E-state index in [1.807, 2.05) is 25.3 Å². The monoisotopic (exact) mass is 320 g/mol. The molecule has 0 spiro atoms. The van der Waals surface area contributed by atoms with Gasteiger partial charge in [0.1, 0.15) is 11.3 Å². The maximum atomic E-state index is 6.00. The van der Waals surface area contributed by atoms with E-state index in [1.54, 1.807) is 12.4 Å². The Kier molecular flexibility index (Phi) is 4.08. The smallest absolute Gasteiger partial charge is 0.160 e. The molecule has 108 valence electrons. The Labute approximate surface area is 132 Å². The molecule has 0 unspecified atom stereocenters. The zero-order valence-electron chi connectivity index (χ0n) is 11.6. The summed E-state index contributed by atoms with van der Waals surface area (Å²) in [6.07, 6.45) is 6.00. The van der Waals surface area contributed by atoms with Gasteiger partial charge in [-0.05, 0) is 30.2 Å². The first-order valence-electron chi connectivity index (χ1n) is 6.65. The highest BCUT2D eigenvalue weighted by atomic mass is 35.5. The van der Waals surface area contributed by atoms with E-state index in [-0.39, 0.29) is 0 Å². The van der Waals surface area contributed by atoms with E-state index in [9.17, 15) is 0 Å². The maximum absolute atomic E-state index is 6.00. The van der Waals surface area contributed by atoms with Crippen LogP contribution < -0.4 is 0 Å². The second kappa shape index (κ2) is 6.00. The van der Waals surface area contributed by atoms with Crippen LogP contribution in [0.2, 0.25) is 5.02 Å². The fourth-order valence-corrected chi connectivity index (χ4v) is 2.65.